The van der Waals surface area contributed by atoms with Crippen LogP contribution in [-0.2, 0) is 4.74 Å². The summed E-state index contributed by atoms with van der Waals surface area (Å²) in [6.45, 7) is 6.61. The van der Waals surface area contributed by atoms with E-state index in [0.717, 1.165) is 38.9 Å². The van der Waals surface area contributed by atoms with Gasteiger partial charge in [0.25, 0.3) is 0 Å². The third kappa shape index (κ3) is 5.78. The SMILES string of the molecule is CNC[C@H](CC(C)(C)OC)NC(=O)N1CCCCC1. The van der Waals surface area contributed by atoms with Crippen molar-refractivity contribution in [1.82, 2.24) is 15.5 Å². The summed E-state index contributed by atoms with van der Waals surface area (Å²) in [6, 6.07) is 0.154. The maximum absolute atomic E-state index is 12.2. The molecule has 19 heavy (non-hydrogen) atoms. The van der Waals surface area contributed by atoms with E-state index in [1.54, 1.807) is 7.11 Å². The van der Waals surface area contributed by atoms with Crippen molar-refractivity contribution in [3.05, 3.63) is 0 Å². The molecule has 0 radical (unpaired) electrons. The highest BCUT2D eigenvalue weighted by atomic mass is 16.5. The Morgan fingerprint density at radius 1 is 1.32 bits per heavy atom. The van der Waals surface area contributed by atoms with Gasteiger partial charge in [0.05, 0.1) is 5.60 Å². The van der Waals surface area contributed by atoms with Crippen molar-refractivity contribution < 1.29 is 9.53 Å². The van der Waals surface area contributed by atoms with Crippen LogP contribution in [0, 0.1) is 0 Å². The summed E-state index contributed by atoms with van der Waals surface area (Å²) in [6.07, 6.45) is 4.27. The summed E-state index contributed by atoms with van der Waals surface area (Å²) >= 11 is 0. The number of ether oxygens (including phenoxy) is 1. The summed E-state index contributed by atoms with van der Waals surface area (Å²) in [5.74, 6) is 0. The van der Waals surface area contributed by atoms with Crippen molar-refractivity contribution in [3.63, 3.8) is 0 Å². The normalized spacial score (nSPS) is 18.2. The lowest BCUT2D eigenvalue weighted by molar-refractivity contribution is 0.00781. The van der Waals surface area contributed by atoms with Gasteiger partial charge in [0.15, 0.2) is 0 Å². The molecule has 2 N–H and O–H groups in total. The molecular weight excluding hydrogens is 242 g/mol. The number of rotatable bonds is 6. The van der Waals surface area contributed by atoms with E-state index in [-0.39, 0.29) is 17.7 Å². The molecule has 1 saturated heterocycles. The second-order valence-electron chi connectivity index (χ2n) is 5.92. The third-order valence-electron chi connectivity index (χ3n) is 3.71. The number of likely N-dealkylation sites (N-methyl/N-ethyl adjacent to an activating group) is 1. The zero-order valence-electron chi connectivity index (χ0n) is 12.8. The fourth-order valence-electron chi connectivity index (χ4n) is 2.46. The van der Waals surface area contributed by atoms with Gasteiger partial charge in [-0.3, -0.25) is 0 Å². The number of amides is 2. The Morgan fingerprint density at radius 2 is 1.95 bits per heavy atom. The molecule has 1 atom stereocenters. The third-order valence-corrected chi connectivity index (χ3v) is 3.71. The van der Waals surface area contributed by atoms with E-state index in [2.05, 4.69) is 10.6 Å². The van der Waals surface area contributed by atoms with Gasteiger partial charge in [0.1, 0.15) is 0 Å². The van der Waals surface area contributed by atoms with Gasteiger partial charge in [0, 0.05) is 32.8 Å². The molecule has 112 valence electrons. The van der Waals surface area contributed by atoms with Gasteiger partial charge in [-0.15, -0.1) is 0 Å². The smallest absolute Gasteiger partial charge is 0.317 e. The predicted octanol–water partition coefficient (Wildman–Crippen LogP) is 1.58. The first kappa shape index (κ1) is 16.2. The second-order valence-corrected chi connectivity index (χ2v) is 5.92. The largest absolute Gasteiger partial charge is 0.379 e. The molecule has 0 aromatic rings. The molecule has 1 aliphatic heterocycles. The Balaban J connectivity index is 2.49. The zero-order chi connectivity index (χ0) is 14.3. The molecule has 1 fully saturated rings. The second kappa shape index (κ2) is 7.70. The molecule has 5 heteroatoms. The quantitative estimate of drug-likeness (QED) is 0.771. The van der Waals surface area contributed by atoms with Gasteiger partial charge in [-0.1, -0.05) is 0 Å². The van der Waals surface area contributed by atoms with Gasteiger partial charge in [0.2, 0.25) is 0 Å². The summed E-state index contributed by atoms with van der Waals surface area (Å²) in [5.41, 5.74) is -0.226. The minimum atomic E-state index is -0.226. The maximum Gasteiger partial charge on any atom is 0.317 e. The molecule has 1 heterocycles. The predicted molar refractivity (Wildman–Crippen MR) is 77.4 cm³/mol. The van der Waals surface area contributed by atoms with E-state index in [9.17, 15) is 4.79 Å². The Kier molecular flexibility index (Phi) is 6.58. The van der Waals surface area contributed by atoms with Crippen LogP contribution in [0.5, 0.6) is 0 Å². The van der Waals surface area contributed by atoms with E-state index in [1.165, 1.54) is 6.42 Å². The number of likely N-dealkylation sites (tertiary alicyclic amines) is 1. The number of carbonyl (C=O) groups is 1. The van der Waals surface area contributed by atoms with E-state index in [1.807, 2.05) is 25.8 Å². The van der Waals surface area contributed by atoms with Crippen molar-refractivity contribution in [3.8, 4) is 0 Å². The summed E-state index contributed by atoms with van der Waals surface area (Å²) in [4.78, 5) is 14.1. The molecule has 5 nitrogen and oxygen atoms in total. The highest BCUT2D eigenvalue weighted by Crippen LogP contribution is 2.16. The topological polar surface area (TPSA) is 53.6 Å². The lowest BCUT2D eigenvalue weighted by Gasteiger charge is -2.32. The standard InChI is InChI=1S/C14H29N3O2/c1-14(2,19-4)10-12(11-15-3)16-13(18)17-8-6-5-7-9-17/h12,15H,5-11H2,1-4H3,(H,16,18)/t12-/m0/s1. The number of hydrogen-bond donors (Lipinski definition) is 2. The Bertz CT molecular complexity index is 276. The Labute approximate surface area is 117 Å². The fraction of sp³-hybridized carbons (Fsp3) is 0.929. The van der Waals surface area contributed by atoms with Gasteiger partial charge >= 0.3 is 6.03 Å². The van der Waals surface area contributed by atoms with Crippen molar-refractivity contribution in [1.29, 1.82) is 0 Å². The number of piperidine rings is 1. The average molecular weight is 271 g/mol. The molecule has 0 aromatic heterocycles. The Morgan fingerprint density at radius 3 is 2.47 bits per heavy atom. The fourth-order valence-corrected chi connectivity index (χ4v) is 2.46. The molecular formula is C14H29N3O2. The maximum atomic E-state index is 12.2. The number of hydrogen-bond acceptors (Lipinski definition) is 3. The first-order valence-corrected chi connectivity index (χ1v) is 7.23. The molecule has 0 spiro atoms. The highest BCUT2D eigenvalue weighted by molar-refractivity contribution is 5.74. The highest BCUT2D eigenvalue weighted by Gasteiger charge is 2.25. The summed E-state index contributed by atoms with van der Waals surface area (Å²) in [5, 5.41) is 6.26. The minimum Gasteiger partial charge on any atom is -0.379 e. The van der Waals surface area contributed by atoms with Crippen LogP contribution in [0.4, 0.5) is 4.79 Å². The first-order chi connectivity index (χ1) is 8.98. The van der Waals surface area contributed by atoms with E-state index in [0.29, 0.717) is 0 Å². The number of carbonyl (C=O) groups excluding carboxylic acids is 1. The van der Waals surface area contributed by atoms with Crippen molar-refractivity contribution >= 4 is 6.03 Å². The monoisotopic (exact) mass is 271 g/mol. The van der Waals surface area contributed by atoms with Crippen molar-refractivity contribution in [2.45, 2.75) is 51.2 Å². The number of nitrogens with one attached hydrogen (secondary N) is 2. The van der Waals surface area contributed by atoms with E-state index >= 15 is 0 Å². The van der Waals surface area contributed by atoms with Gasteiger partial charge in [-0.05, 0) is 46.6 Å². The Hall–Kier alpha value is -0.810. The zero-order valence-corrected chi connectivity index (χ0v) is 12.8. The average Bonchev–Trinajstić information content (AvgIpc) is 2.39. The van der Waals surface area contributed by atoms with Crippen LogP contribution < -0.4 is 10.6 Å². The van der Waals surface area contributed by atoms with Crippen LogP contribution in [0.2, 0.25) is 0 Å². The molecule has 0 aromatic carbocycles. The molecule has 0 unspecified atom stereocenters. The van der Waals surface area contributed by atoms with Crippen LogP contribution >= 0.6 is 0 Å². The van der Waals surface area contributed by atoms with Crippen LogP contribution in [0.3, 0.4) is 0 Å². The van der Waals surface area contributed by atoms with Gasteiger partial charge in [-0.25, -0.2) is 4.79 Å². The van der Waals surface area contributed by atoms with E-state index in [4.69, 9.17) is 4.74 Å². The van der Waals surface area contributed by atoms with Gasteiger partial charge in [-0.2, -0.15) is 0 Å². The molecule has 1 aliphatic rings. The number of nitrogens with zero attached hydrogens (tertiary/aromatic N) is 1. The van der Waals surface area contributed by atoms with Crippen LogP contribution in [-0.4, -0.2) is 56.4 Å². The first-order valence-electron chi connectivity index (χ1n) is 7.23. The molecule has 0 bridgehead atoms. The number of urea groups is 1. The van der Waals surface area contributed by atoms with Gasteiger partial charge < -0.3 is 20.3 Å². The lowest BCUT2D eigenvalue weighted by Crippen LogP contribution is -2.51. The van der Waals surface area contributed by atoms with Crippen LogP contribution in [0.15, 0.2) is 0 Å². The van der Waals surface area contributed by atoms with Crippen LogP contribution in [0.1, 0.15) is 39.5 Å². The van der Waals surface area contributed by atoms with E-state index < -0.39 is 0 Å². The van der Waals surface area contributed by atoms with Crippen molar-refractivity contribution in [2.24, 2.45) is 0 Å². The summed E-state index contributed by atoms with van der Waals surface area (Å²) < 4.78 is 5.45. The minimum absolute atomic E-state index is 0.0619. The van der Waals surface area contributed by atoms with Crippen LogP contribution in [0.25, 0.3) is 0 Å². The summed E-state index contributed by atoms with van der Waals surface area (Å²) in [7, 11) is 3.61. The number of methoxy groups -OCH3 is 1. The molecule has 0 saturated carbocycles. The molecule has 0 aliphatic carbocycles. The lowest BCUT2D eigenvalue weighted by atomic mass is 9.98. The van der Waals surface area contributed by atoms with Crippen molar-refractivity contribution in [2.75, 3.05) is 33.8 Å². The molecule has 1 rings (SSSR count). The molecule has 2 amide bonds.